The lowest BCUT2D eigenvalue weighted by atomic mass is 10.2. The van der Waals surface area contributed by atoms with Gasteiger partial charge in [0.15, 0.2) is 0 Å². The molecule has 28 heavy (non-hydrogen) atoms. The second-order valence-corrected chi connectivity index (χ2v) is 8.29. The highest BCUT2D eigenvalue weighted by Gasteiger charge is 2.23. The van der Waals surface area contributed by atoms with Crippen LogP contribution in [0.3, 0.4) is 0 Å². The third-order valence-electron chi connectivity index (χ3n) is 5.08. The van der Waals surface area contributed by atoms with Gasteiger partial charge in [0, 0.05) is 26.2 Å². The van der Waals surface area contributed by atoms with Crippen molar-refractivity contribution in [3.05, 3.63) is 62.8 Å². The molecule has 3 aromatic rings. The van der Waals surface area contributed by atoms with E-state index >= 15 is 0 Å². The van der Waals surface area contributed by atoms with Crippen LogP contribution in [0.15, 0.2) is 41.8 Å². The molecule has 8 heteroatoms. The van der Waals surface area contributed by atoms with Gasteiger partial charge in [-0.2, -0.15) is 5.10 Å². The maximum Gasteiger partial charge on any atom is 0.264 e. The zero-order valence-electron chi connectivity index (χ0n) is 16.0. The molecular weight excluding hydrogens is 390 g/mol. The molecule has 0 unspecified atom stereocenters. The number of hydrogen-bond donors (Lipinski definition) is 0. The Hall–Kier alpha value is -2.29. The molecule has 0 bridgehead atoms. The molecule has 0 N–H and O–H groups in total. The number of rotatable bonds is 4. The molecule has 1 fully saturated rings. The number of piperazine rings is 1. The highest BCUT2D eigenvalue weighted by molar-refractivity contribution is 7.71. The van der Waals surface area contributed by atoms with Crippen LogP contribution in [0.1, 0.15) is 21.1 Å². The van der Waals surface area contributed by atoms with Crippen molar-refractivity contribution in [1.82, 2.24) is 24.1 Å². The smallest absolute Gasteiger partial charge is 0.264 e. The monoisotopic (exact) mass is 413 g/mol. The predicted octanol–water partition coefficient (Wildman–Crippen LogP) is 3.50. The van der Waals surface area contributed by atoms with E-state index in [9.17, 15) is 4.79 Å². The summed E-state index contributed by atoms with van der Waals surface area (Å²) in [4.78, 5) is 17.5. The van der Waals surface area contributed by atoms with Gasteiger partial charge in [0.25, 0.3) is 5.91 Å². The van der Waals surface area contributed by atoms with Crippen LogP contribution in [0.5, 0.6) is 0 Å². The number of aromatic nitrogens is 3. The van der Waals surface area contributed by atoms with Crippen LogP contribution in [0.25, 0.3) is 5.69 Å². The minimum atomic E-state index is 0.130. The van der Waals surface area contributed by atoms with Gasteiger partial charge in [0.05, 0.1) is 17.2 Å². The van der Waals surface area contributed by atoms with Gasteiger partial charge in [-0.15, -0.1) is 11.3 Å². The minimum absolute atomic E-state index is 0.130. The number of para-hydroxylation sites is 1. The number of carbonyl (C=O) groups excluding carboxylic acids is 1. The van der Waals surface area contributed by atoms with Gasteiger partial charge in [0.2, 0.25) is 4.77 Å². The third-order valence-corrected chi connectivity index (χ3v) is 6.33. The SMILES string of the molecule is Cc1ccccc1-n1c(C)nn(CN2CCN(C(=O)c3cccs3)CC2)c1=S. The Morgan fingerprint density at radius 1 is 1.11 bits per heavy atom. The molecule has 1 amide bonds. The Bertz CT molecular complexity index is 1030. The van der Waals surface area contributed by atoms with Crippen molar-refractivity contribution in [1.29, 1.82) is 0 Å². The normalized spacial score (nSPS) is 15.1. The molecule has 2 aromatic heterocycles. The van der Waals surface area contributed by atoms with Crippen molar-refractivity contribution in [2.24, 2.45) is 0 Å². The molecule has 3 heterocycles. The first-order valence-corrected chi connectivity index (χ1v) is 10.6. The number of hydrogen-bond acceptors (Lipinski definition) is 5. The molecule has 4 rings (SSSR count). The van der Waals surface area contributed by atoms with Gasteiger partial charge in [-0.05, 0) is 49.1 Å². The number of benzene rings is 1. The Kier molecular flexibility index (Phi) is 5.43. The third kappa shape index (κ3) is 3.67. The van der Waals surface area contributed by atoms with Gasteiger partial charge in [-0.3, -0.25) is 14.3 Å². The summed E-state index contributed by atoms with van der Waals surface area (Å²) in [6.45, 7) is 7.78. The average Bonchev–Trinajstić information content (AvgIpc) is 3.32. The largest absolute Gasteiger partial charge is 0.335 e. The Labute approximate surface area is 173 Å². The van der Waals surface area contributed by atoms with Crippen molar-refractivity contribution in [3.63, 3.8) is 0 Å². The topological polar surface area (TPSA) is 46.3 Å². The van der Waals surface area contributed by atoms with E-state index in [0.717, 1.165) is 42.6 Å². The zero-order chi connectivity index (χ0) is 19.7. The van der Waals surface area contributed by atoms with Crippen LogP contribution in [-0.4, -0.2) is 56.2 Å². The lowest BCUT2D eigenvalue weighted by Gasteiger charge is -2.34. The van der Waals surface area contributed by atoms with Crippen LogP contribution in [0.4, 0.5) is 0 Å². The summed E-state index contributed by atoms with van der Waals surface area (Å²) in [6.07, 6.45) is 0. The maximum atomic E-state index is 12.5. The van der Waals surface area contributed by atoms with Gasteiger partial charge < -0.3 is 4.90 Å². The summed E-state index contributed by atoms with van der Waals surface area (Å²) in [6, 6.07) is 12.0. The van der Waals surface area contributed by atoms with Crippen LogP contribution in [-0.2, 0) is 6.67 Å². The molecule has 1 saturated heterocycles. The van der Waals surface area contributed by atoms with E-state index in [1.165, 1.54) is 16.9 Å². The summed E-state index contributed by atoms with van der Waals surface area (Å²) in [7, 11) is 0. The molecule has 1 aromatic carbocycles. The number of amides is 1. The van der Waals surface area contributed by atoms with E-state index in [4.69, 9.17) is 12.2 Å². The maximum absolute atomic E-state index is 12.5. The number of carbonyl (C=O) groups is 1. The average molecular weight is 414 g/mol. The lowest BCUT2D eigenvalue weighted by Crippen LogP contribution is -2.48. The second kappa shape index (κ2) is 7.98. The molecule has 0 atom stereocenters. The summed E-state index contributed by atoms with van der Waals surface area (Å²) >= 11 is 7.21. The van der Waals surface area contributed by atoms with E-state index in [1.807, 2.05) is 50.7 Å². The van der Waals surface area contributed by atoms with Crippen molar-refractivity contribution in [3.8, 4) is 5.69 Å². The highest BCUT2D eigenvalue weighted by atomic mass is 32.1. The molecule has 6 nitrogen and oxygen atoms in total. The van der Waals surface area contributed by atoms with Crippen LogP contribution >= 0.6 is 23.6 Å². The molecular formula is C20H23N5OS2. The first kappa shape index (κ1) is 19.0. The quantitative estimate of drug-likeness (QED) is 0.614. The molecule has 1 aliphatic heterocycles. The summed E-state index contributed by atoms with van der Waals surface area (Å²) in [5.41, 5.74) is 2.24. The Balaban J connectivity index is 1.45. The number of aryl methyl sites for hydroxylation is 2. The van der Waals surface area contributed by atoms with Crippen molar-refractivity contribution in [2.45, 2.75) is 20.5 Å². The van der Waals surface area contributed by atoms with Gasteiger partial charge in [0.1, 0.15) is 5.82 Å². The lowest BCUT2D eigenvalue weighted by molar-refractivity contribution is 0.0589. The van der Waals surface area contributed by atoms with E-state index in [2.05, 4.69) is 29.1 Å². The van der Waals surface area contributed by atoms with Crippen LogP contribution in [0.2, 0.25) is 0 Å². The minimum Gasteiger partial charge on any atom is -0.335 e. The summed E-state index contributed by atoms with van der Waals surface area (Å²) < 4.78 is 4.61. The zero-order valence-corrected chi connectivity index (χ0v) is 17.7. The van der Waals surface area contributed by atoms with E-state index < -0.39 is 0 Å². The molecule has 0 radical (unpaired) electrons. The molecule has 0 saturated carbocycles. The van der Waals surface area contributed by atoms with Crippen LogP contribution in [0, 0.1) is 18.6 Å². The van der Waals surface area contributed by atoms with Crippen molar-refractivity contribution >= 4 is 29.5 Å². The fourth-order valence-corrected chi connectivity index (χ4v) is 4.56. The Morgan fingerprint density at radius 2 is 1.86 bits per heavy atom. The van der Waals surface area contributed by atoms with E-state index in [-0.39, 0.29) is 5.91 Å². The van der Waals surface area contributed by atoms with Gasteiger partial charge >= 0.3 is 0 Å². The first-order chi connectivity index (χ1) is 13.5. The fraction of sp³-hybridized carbons (Fsp3) is 0.350. The van der Waals surface area contributed by atoms with Gasteiger partial charge in [-0.25, -0.2) is 4.68 Å². The number of nitrogens with zero attached hydrogens (tertiary/aromatic N) is 5. The molecule has 146 valence electrons. The van der Waals surface area contributed by atoms with E-state index in [0.29, 0.717) is 11.4 Å². The fourth-order valence-electron chi connectivity index (χ4n) is 3.54. The standard InChI is InChI=1S/C20H23N5OS2/c1-15-6-3-4-7-17(15)25-16(2)21-24(20(25)27)14-22-9-11-23(12-10-22)19(26)18-8-5-13-28-18/h3-8,13H,9-12,14H2,1-2H3. The summed E-state index contributed by atoms with van der Waals surface area (Å²) in [5.74, 6) is 1.01. The van der Waals surface area contributed by atoms with E-state index in [1.54, 1.807) is 0 Å². The van der Waals surface area contributed by atoms with Crippen molar-refractivity contribution < 1.29 is 4.79 Å². The highest BCUT2D eigenvalue weighted by Crippen LogP contribution is 2.18. The molecule has 1 aliphatic rings. The first-order valence-electron chi connectivity index (χ1n) is 9.32. The predicted molar refractivity (Wildman–Crippen MR) is 114 cm³/mol. The number of thiophene rings is 1. The van der Waals surface area contributed by atoms with Crippen molar-refractivity contribution in [2.75, 3.05) is 26.2 Å². The summed E-state index contributed by atoms with van der Waals surface area (Å²) in [5, 5.41) is 6.61. The molecule has 0 aliphatic carbocycles. The Morgan fingerprint density at radius 3 is 2.54 bits per heavy atom. The molecule has 0 spiro atoms. The second-order valence-electron chi connectivity index (χ2n) is 6.98. The van der Waals surface area contributed by atoms with Crippen LogP contribution < -0.4 is 0 Å². The van der Waals surface area contributed by atoms with Gasteiger partial charge in [-0.1, -0.05) is 24.3 Å².